The van der Waals surface area contributed by atoms with Crippen LogP contribution >= 0.6 is 11.6 Å². The van der Waals surface area contributed by atoms with Crippen molar-refractivity contribution in [2.45, 2.75) is 62.0 Å². The molecule has 1 aliphatic carbocycles. The summed E-state index contributed by atoms with van der Waals surface area (Å²) in [5.41, 5.74) is -2.38. The summed E-state index contributed by atoms with van der Waals surface area (Å²) in [7, 11) is -3.93. The average molecular weight is 573 g/mol. The van der Waals surface area contributed by atoms with Gasteiger partial charge in [-0.15, -0.1) is 0 Å². The summed E-state index contributed by atoms with van der Waals surface area (Å²) in [6.07, 6.45) is 1.04. The zero-order chi connectivity index (χ0) is 28.3. The second-order valence-corrected chi connectivity index (χ2v) is 12.9. The van der Waals surface area contributed by atoms with E-state index in [1.165, 1.54) is 18.2 Å². The number of nitrogens with one attached hydrogen (secondary N) is 2. The molecule has 4 N–H and O–H groups in total. The van der Waals surface area contributed by atoms with Crippen LogP contribution < -0.4 is 10.6 Å². The molecule has 8 nitrogen and oxygen atoms in total. The van der Waals surface area contributed by atoms with Gasteiger partial charge in [0.1, 0.15) is 0 Å². The van der Waals surface area contributed by atoms with Gasteiger partial charge in [-0.2, -0.15) is 0 Å². The summed E-state index contributed by atoms with van der Waals surface area (Å²) in [6, 6.07) is 6.57. The van der Waals surface area contributed by atoms with Gasteiger partial charge in [0.15, 0.2) is 21.5 Å². The lowest BCUT2D eigenvalue weighted by molar-refractivity contribution is -0.128. The molecular formula is C26H31ClF2N2O6S. The van der Waals surface area contributed by atoms with Crippen molar-refractivity contribution in [3.05, 3.63) is 58.6 Å². The zero-order valence-electron chi connectivity index (χ0n) is 21.1. The number of hydrogen-bond acceptors (Lipinski definition) is 6. The van der Waals surface area contributed by atoms with E-state index >= 15 is 0 Å². The fourth-order valence-corrected chi connectivity index (χ4v) is 6.57. The zero-order valence-corrected chi connectivity index (χ0v) is 22.6. The normalized spacial score (nSPS) is 20.1. The van der Waals surface area contributed by atoms with E-state index in [0.29, 0.717) is 12.8 Å². The lowest BCUT2D eigenvalue weighted by Gasteiger charge is -2.35. The summed E-state index contributed by atoms with van der Waals surface area (Å²) < 4.78 is 53.0. The molecule has 0 aromatic heterocycles. The van der Waals surface area contributed by atoms with Gasteiger partial charge in [0.2, 0.25) is 5.91 Å². The molecule has 0 spiro atoms. The van der Waals surface area contributed by atoms with E-state index in [1.54, 1.807) is 13.8 Å². The highest BCUT2D eigenvalue weighted by Gasteiger charge is 2.37. The Hall–Kier alpha value is -2.60. The first-order valence-electron chi connectivity index (χ1n) is 12.1. The minimum Gasteiger partial charge on any atom is -0.389 e. The van der Waals surface area contributed by atoms with Gasteiger partial charge in [0, 0.05) is 23.9 Å². The number of anilines is 1. The highest BCUT2D eigenvalue weighted by Crippen LogP contribution is 2.36. The molecule has 3 rings (SSSR count). The Labute approximate surface area is 225 Å². The number of aliphatic hydroxyl groups is 2. The molecule has 0 unspecified atom stereocenters. The number of carbonyl (C=O) groups is 2. The van der Waals surface area contributed by atoms with Gasteiger partial charge in [0.05, 0.1) is 33.3 Å². The van der Waals surface area contributed by atoms with Crippen LogP contribution in [0.15, 0.2) is 41.3 Å². The number of benzene rings is 2. The molecule has 0 radical (unpaired) electrons. The van der Waals surface area contributed by atoms with Crippen molar-refractivity contribution in [2.75, 3.05) is 17.6 Å². The molecule has 208 valence electrons. The molecule has 0 atom stereocenters. The fraction of sp³-hybridized carbons (Fsp3) is 0.462. The van der Waals surface area contributed by atoms with Crippen molar-refractivity contribution in [3.63, 3.8) is 0 Å². The minimum atomic E-state index is -3.93. The number of carbonyl (C=O) groups excluding carboxylic acids is 2. The Morgan fingerprint density at radius 1 is 1.11 bits per heavy atom. The highest BCUT2D eigenvalue weighted by atomic mass is 35.5. The van der Waals surface area contributed by atoms with Crippen LogP contribution in [-0.2, 0) is 14.6 Å². The second-order valence-electron chi connectivity index (χ2n) is 10.4. The monoisotopic (exact) mass is 572 g/mol. The molecule has 1 aliphatic rings. The number of rotatable bonds is 9. The second kappa shape index (κ2) is 11.6. The van der Waals surface area contributed by atoms with Crippen LogP contribution in [0.4, 0.5) is 14.5 Å². The van der Waals surface area contributed by atoms with Crippen molar-refractivity contribution >= 4 is 38.9 Å². The third kappa shape index (κ3) is 8.20. The fourth-order valence-electron chi connectivity index (χ4n) is 4.29. The first-order chi connectivity index (χ1) is 17.6. The number of hydrogen-bond donors (Lipinski definition) is 4. The molecule has 2 aromatic carbocycles. The van der Waals surface area contributed by atoms with Gasteiger partial charge in [-0.05, 0) is 75.8 Å². The molecule has 0 heterocycles. The molecule has 12 heteroatoms. The summed E-state index contributed by atoms with van der Waals surface area (Å²) in [6.45, 7) is 3.14. The molecule has 0 bridgehead atoms. The van der Waals surface area contributed by atoms with Crippen molar-refractivity contribution in [3.8, 4) is 0 Å². The van der Waals surface area contributed by atoms with Crippen LogP contribution in [0.3, 0.4) is 0 Å². The van der Waals surface area contributed by atoms with E-state index in [9.17, 15) is 37.0 Å². The van der Waals surface area contributed by atoms with Crippen LogP contribution in [0.2, 0.25) is 5.02 Å². The van der Waals surface area contributed by atoms with E-state index in [-0.39, 0.29) is 58.6 Å². The van der Waals surface area contributed by atoms with Gasteiger partial charge in [-0.25, -0.2) is 17.2 Å². The Morgan fingerprint density at radius 2 is 1.76 bits per heavy atom. The lowest BCUT2D eigenvalue weighted by atomic mass is 9.77. The predicted octanol–water partition coefficient (Wildman–Crippen LogP) is 3.84. The molecule has 2 aromatic rings. The maximum atomic E-state index is 13.4. The van der Waals surface area contributed by atoms with Crippen LogP contribution in [0.5, 0.6) is 0 Å². The molecule has 1 fully saturated rings. The topological polar surface area (TPSA) is 133 Å². The van der Waals surface area contributed by atoms with Gasteiger partial charge in [0.25, 0.3) is 5.91 Å². The molecule has 2 amide bonds. The SMILES string of the molecule is CC(C)(O)CNC(=O)CC1(O)CCC(CS(=O)(=O)c2cc(C(=O)Nc3ccc(F)c(F)c3)ccc2Cl)CC1. The first kappa shape index (κ1) is 29.9. The van der Waals surface area contributed by atoms with Gasteiger partial charge in [-0.1, -0.05) is 11.6 Å². The van der Waals surface area contributed by atoms with Crippen molar-refractivity contribution in [1.82, 2.24) is 5.32 Å². The number of sulfone groups is 1. The van der Waals surface area contributed by atoms with Crippen LogP contribution in [0.25, 0.3) is 0 Å². The van der Waals surface area contributed by atoms with E-state index in [1.807, 2.05) is 0 Å². The predicted molar refractivity (Wildman–Crippen MR) is 139 cm³/mol. The third-order valence-corrected chi connectivity index (χ3v) is 8.76. The quantitative estimate of drug-likeness (QED) is 0.361. The largest absolute Gasteiger partial charge is 0.389 e. The van der Waals surface area contributed by atoms with Gasteiger partial charge < -0.3 is 20.8 Å². The molecule has 0 aliphatic heterocycles. The first-order valence-corrected chi connectivity index (χ1v) is 14.1. The maximum Gasteiger partial charge on any atom is 0.255 e. The molecule has 1 saturated carbocycles. The van der Waals surface area contributed by atoms with Crippen molar-refractivity contribution < 1.29 is 37.0 Å². The number of amides is 2. The Balaban J connectivity index is 1.63. The molecule has 38 heavy (non-hydrogen) atoms. The summed E-state index contributed by atoms with van der Waals surface area (Å²) in [5.74, 6) is -3.90. The van der Waals surface area contributed by atoms with Gasteiger partial charge in [-0.3, -0.25) is 9.59 Å². The van der Waals surface area contributed by atoms with E-state index < -0.39 is 44.5 Å². The Kier molecular flexibility index (Phi) is 9.18. The van der Waals surface area contributed by atoms with Crippen LogP contribution in [0.1, 0.15) is 56.3 Å². The Morgan fingerprint density at radius 3 is 2.37 bits per heavy atom. The van der Waals surface area contributed by atoms with Crippen LogP contribution in [0, 0.1) is 17.6 Å². The minimum absolute atomic E-state index is 0.00305. The summed E-state index contributed by atoms with van der Waals surface area (Å²) in [4.78, 5) is 24.5. The average Bonchev–Trinajstić information content (AvgIpc) is 2.81. The maximum absolute atomic E-state index is 13.4. The summed E-state index contributed by atoms with van der Waals surface area (Å²) in [5, 5.41) is 25.5. The van der Waals surface area contributed by atoms with Crippen molar-refractivity contribution in [2.24, 2.45) is 5.92 Å². The summed E-state index contributed by atoms with van der Waals surface area (Å²) >= 11 is 6.16. The third-order valence-electron chi connectivity index (χ3n) is 6.40. The van der Waals surface area contributed by atoms with Crippen molar-refractivity contribution in [1.29, 1.82) is 0 Å². The standard InChI is InChI=1S/C26H31ClF2N2O6S/c1-25(2,34)15-30-23(32)13-26(35)9-7-16(8-10-26)14-38(36,37)22-11-17(3-5-19(22)27)24(33)31-18-4-6-20(28)21(29)12-18/h3-6,11-12,16,34-35H,7-10,13-15H2,1-2H3,(H,30,32)(H,31,33). The van der Waals surface area contributed by atoms with Crippen LogP contribution in [-0.4, -0.2) is 53.9 Å². The van der Waals surface area contributed by atoms with E-state index in [0.717, 1.165) is 18.2 Å². The number of halogens is 3. The highest BCUT2D eigenvalue weighted by molar-refractivity contribution is 7.91. The Bertz CT molecular complexity index is 1310. The van der Waals surface area contributed by atoms with Gasteiger partial charge >= 0.3 is 0 Å². The smallest absolute Gasteiger partial charge is 0.255 e. The molecular weight excluding hydrogens is 542 g/mol. The van der Waals surface area contributed by atoms with E-state index in [4.69, 9.17) is 11.6 Å². The lowest BCUT2D eigenvalue weighted by Crippen LogP contribution is -2.44. The van der Waals surface area contributed by atoms with E-state index in [2.05, 4.69) is 10.6 Å². The molecule has 0 saturated heterocycles.